The number of Topliss-reactive ketones (excluding diaryl/α,β-unsaturated/α-hetero) is 1. The van der Waals surface area contributed by atoms with Crippen molar-refractivity contribution in [3.63, 3.8) is 0 Å². The number of benzene rings is 2. The summed E-state index contributed by atoms with van der Waals surface area (Å²) in [5.74, 6) is -3.00. The summed E-state index contributed by atoms with van der Waals surface area (Å²) in [6.45, 7) is 2.51. The maximum Gasteiger partial charge on any atom is 0.453 e. The molecule has 2 aromatic carbocycles. The third-order valence-corrected chi connectivity index (χ3v) is 6.62. The fourth-order valence-corrected chi connectivity index (χ4v) is 4.45. The Kier molecular flexibility index (Phi) is 11.4. The lowest BCUT2D eigenvalue weighted by molar-refractivity contribution is -0.284. The Bertz CT molecular complexity index is 854. The third-order valence-electron chi connectivity index (χ3n) is 5.46. The van der Waals surface area contributed by atoms with E-state index in [1.165, 1.54) is 11.8 Å². The molecule has 2 aromatic rings. The Morgan fingerprint density at radius 3 is 2.15 bits per heavy atom. The van der Waals surface area contributed by atoms with E-state index in [2.05, 4.69) is 0 Å². The molecule has 2 rings (SSSR count). The predicted octanol–water partition coefficient (Wildman–Crippen LogP) is 8.32. The fraction of sp³-hybridized carbons (Fsp3) is 0.500. The monoisotopic (exact) mass is 502 g/mol. The van der Waals surface area contributed by atoms with Crippen LogP contribution in [0, 0.1) is 0 Å². The lowest BCUT2D eigenvalue weighted by Gasteiger charge is -2.19. The van der Waals surface area contributed by atoms with Crippen LogP contribution in [0.2, 0.25) is 0 Å². The minimum atomic E-state index is -5.46. The van der Waals surface area contributed by atoms with Crippen LogP contribution in [-0.4, -0.2) is 36.0 Å². The average molecular weight is 503 g/mol. The number of halogens is 5. The van der Waals surface area contributed by atoms with Gasteiger partial charge >= 0.3 is 12.1 Å². The van der Waals surface area contributed by atoms with Crippen LogP contribution in [-0.2, 0) is 0 Å². The van der Waals surface area contributed by atoms with Gasteiger partial charge in [0, 0.05) is 17.9 Å². The van der Waals surface area contributed by atoms with E-state index in [9.17, 15) is 26.7 Å². The van der Waals surface area contributed by atoms with Crippen molar-refractivity contribution < 1.29 is 31.5 Å². The largest absolute Gasteiger partial charge is 0.494 e. The van der Waals surface area contributed by atoms with E-state index in [0.29, 0.717) is 23.7 Å². The zero-order chi connectivity index (χ0) is 25.0. The molecule has 0 aromatic heterocycles. The van der Waals surface area contributed by atoms with Crippen LogP contribution >= 0.6 is 11.8 Å². The second-order valence-corrected chi connectivity index (χ2v) is 9.31. The first-order valence-electron chi connectivity index (χ1n) is 11.5. The van der Waals surface area contributed by atoms with Crippen LogP contribution in [0.3, 0.4) is 0 Å². The van der Waals surface area contributed by atoms with E-state index in [0.717, 1.165) is 31.2 Å². The molecule has 1 unspecified atom stereocenters. The van der Waals surface area contributed by atoms with Gasteiger partial charge in [-0.25, -0.2) is 0 Å². The molecule has 0 saturated heterocycles. The van der Waals surface area contributed by atoms with Gasteiger partial charge in [0.2, 0.25) is 0 Å². The highest BCUT2D eigenvalue weighted by Crippen LogP contribution is 2.39. The molecule has 34 heavy (non-hydrogen) atoms. The van der Waals surface area contributed by atoms with Crippen LogP contribution < -0.4 is 4.74 Å². The van der Waals surface area contributed by atoms with Gasteiger partial charge in [0.05, 0.1) is 6.61 Å². The van der Waals surface area contributed by atoms with Crippen LogP contribution in [0.4, 0.5) is 22.0 Å². The highest BCUT2D eigenvalue weighted by molar-refractivity contribution is 7.99. The van der Waals surface area contributed by atoms with Gasteiger partial charge < -0.3 is 4.74 Å². The lowest BCUT2D eigenvalue weighted by atomic mass is 9.89. The van der Waals surface area contributed by atoms with E-state index in [4.69, 9.17) is 4.74 Å². The van der Waals surface area contributed by atoms with Gasteiger partial charge in [-0.2, -0.15) is 33.7 Å². The predicted molar refractivity (Wildman–Crippen MR) is 127 cm³/mol. The number of ketones is 1. The molecule has 188 valence electrons. The number of hydrogen-bond acceptors (Lipinski definition) is 3. The summed E-state index contributed by atoms with van der Waals surface area (Å²) in [6.07, 6.45) is -3.55. The van der Waals surface area contributed by atoms with Crippen molar-refractivity contribution in [1.29, 1.82) is 0 Å². The van der Waals surface area contributed by atoms with E-state index >= 15 is 0 Å². The molecular formula is C26H31F5O2S. The van der Waals surface area contributed by atoms with E-state index in [1.807, 2.05) is 37.3 Å². The Hall–Kier alpha value is -2.09. The van der Waals surface area contributed by atoms with Gasteiger partial charge in [-0.1, -0.05) is 37.3 Å². The van der Waals surface area contributed by atoms with Crippen molar-refractivity contribution in [1.82, 2.24) is 0 Å². The van der Waals surface area contributed by atoms with Crippen molar-refractivity contribution in [2.75, 3.05) is 18.1 Å². The third kappa shape index (κ3) is 8.93. The van der Waals surface area contributed by atoms with Gasteiger partial charge in [0.1, 0.15) is 5.75 Å². The van der Waals surface area contributed by atoms with E-state index < -0.39 is 18.5 Å². The summed E-state index contributed by atoms with van der Waals surface area (Å²) in [5, 5.41) is 0. The number of carbonyl (C=O) groups excluding carboxylic acids is 1. The number of rotatable bonds is 15. The highest BCUT2D eigenvalue weighted by atomic mass is 32.2. The number of carbonyl (C=O) groups is 1. The topological polar surface area (TPSA) is 26.3 Å². The second kappa shape index (κ2) is 13.7. The van der Waals surface area contributed by atoms with Crippen LogP contribution in [0.5, 0.6) is 5.75 Å². The lowest BCUT2D eigenvalue weighted by Crippen LogP contribution is -2.36. The summed E-state index contributed by atoms with van der Waals surface area (Å²) in [7, 11) is 0. The molecule has 0 spiro atoms. The molecule has 0 radical (unpaired) electrons. The zero-order valence-corrected chi connectivity index (χ0v) is 20.1. The van der Waals surface area contributed by atoms with Crippen LogP contribution in [0.1, 0.15) is 67.3 Å². The minimum absolute atomic E-state index is 0.0832. The van der Waals surface area contributed by atoms with Crippen LogP contribution in [0.25, 0.3) is 0 Å². The van der Waals surface area contributed by atoms with Crippen molar-refractivity contribution in [3.8, 4) is 5.75 Å². The van der Waals surface area contributed by atoms with Crippen molar-refractivity contribution in [3.05, 3.63) is 65.7 Å². The Morgan fingerprint density at radius 1 is 0.882 bits per heavy atom. The first-order valence-corrected chi connectivity index (χ1v) is 12.7. The number of thioether (sulfide) groups is 1. The summed E-state index contributed by atoms with van der Waals surface area (Å²) in [4.78, 5) is 12.9. The quantitative estimate of drug-likeness (QED) is 0.139. The number of alkyl halides is 5. The molecule has 1 atom stereocenters. The smallest absolute Gasteiger partial charge is 0.453 e. The standard InChI is InChI=1S/C26H31F5O2S/c1-2-23(20-10-5-3-6-11-20)24(32)21-12-14-22(15-13-21)33-17-7-4-8-18-34-19-9-16-25(27,28)26(29,30)31/h3,5-6,10-15,23H,2,4,7-9,16-19H2,1H3. The summed E-state index contributed by atoms with van der Waals surface area (Å²) >= 11 is 1.39. The molecule has 0 aliphatic heterocycles. The van der Waals surface area contributed by atoms with Crippen molar-refractivity contribution >= 4 is 17.5 Å². The molecular weight excluding hydrogens is 471 g/mol. The van der Waals surface area contributed by atoms with Gasteiger partial charge in [-0.3, -0.25) is 4.79 Å². The van der Waals surface area contributed by atoms with E-state index in [1.54, 1.807) is 24.3 Å². The van der Waals surface area contributed by atoms with Gasteiger partial charge in [-0.05, 0) is 73.4 Å². The molecule has 0 N–H and O–H groups in total. The fourth-order valence-electron chi connectivity index (χ4n) is 3.49. The van der Waals surface area contributed by atoms with E-state index in [-0.39, 0.29) is 23.9 Å². The summed E-state index contributed by atoms with van der Waals surface area (Å²) in [5.41, 5.74) is 1.65. The minimum Gasteiger partial charge on any atom is -0.494 e. The average Bonchev–Trinajstić information content (AvgIpc) is 2.81. The molecule has 0 heterocycles. The van der Waals surface area contributed by atoms with Gasteiger partial charge in [0.25, 0.3) is 0 Å². The first kappa shape index (κ1) is 28.1. The Labute approximate surface area is 202 Å². The van der Waals surface area contributed by atoms with Crippen molar-refractivity contribution in [2.24, 2.45) is 0 Å². The molecule has 8 heteroatoms. The number of ether oxygens (including phenoxy) is 1. The maximum absolute atomic E-state index is 12.9. The summed E-state index contributed by atoms with van der Waals surface area (Å²) in [6, 6.07) is 16.9. The Balaban J connectivity index is 1.60. The molecule has 0 saturated carbocycles. The summed E-state index contributed by atoms with van der Waals surface area (Å²) < 4.78 is 67.6. The molecule has 0 bridgehead atoms. The highest BCUT2D eigenvalue weighted by Gasteiger charge is 2.56. The van der Waals surface area contributed by atoms with Crippen LogP contribution in [0.15, 0.2) is 54.6 Å². The molecule has 0 amide bonds. The molecule has 0 aliphatic rings. The van der Waals surface area contributed by atoms with Crippen molar-refractivity contribution in [2.45, 2.75) is 63.5 Å². The molecule has 0 fully saturated rings. The normalized spacial score (nSPS) is 13.0. The molecule has 2 nitrogen and oxygen atoms in total. The SMILES string of the molecule is CCC(C(=O)c1ccc(OCCCCCSCCCC(F)(F)C(F)(F)F)cc1)c1ccccc1. The zero-order valence-electron chi connectivity index (χ0n) is 19.3. The Morgan fingerprint density at radius 2 is 1.53 bits per heavy atom. The number of unbranched alkanes of at least 4 members (excludes halogenated alkanes) is 2. The number of hydrogen-bond donors (Lipinski definition) is 0. The van der Waals surface area contributed by atoms with Gasteiger partial charge in [-0.15, -0.1) is 0 Å². The molecule has 0 aliphatic carbocycles. The second-order valence-electron chi connectivity index (χ2n) is 8.09. The van der Waals surface area contributed by atoms with Gasteiger partial charge in [0.15, 0.2) is 5.78 Å². The maximum atomic E-state index is 12.9. The first-order chi connectivity index (χ1) is 16.2.